The zero-order valence-electron chi connectivity index (χ0n) is 11.2. The molecule has 0 aromatic heterocycles. The normalized spacial score (nSPS) is 14.1. The van der Waals surface area contributed by atoms with Gasteiger partial charge in [0.05, 0.1) is 6.04 Å². The van der Waals surface area contributed by atoms with Gasteiger partial charge in [0, 0.05) is 11.1 Å². The minimum Gasteiger partial charge on any atom is -0.322 e. The second-order valence-corrected chi connectivity index (χ2v) is 4.83. The van der Waals surface area contributed by atoms with E-state index in [0.29, 0.717) is 5.56 Å². The van der Waals surface area contributed by atoms with Crippen LogP contribution < -0.4 is 5.73 Å². The summed E-state index contributed by atoms with van der Waals surface area (Å²) in [6, 6.07) is 6.43. The summed E-state index contributed by atoms with van der Waals surface area (Å²) >= 11 is 0. The van der Waals surface area contributed by atoms with Gasteiger partial charge in [-0.05, 0) is 33.0 Å². The lowest BCUT2D eigenvalue weighted by molar-refractivity contribution is 0.105. The van der Waals surface area contributed by atoms with Gasteiger partial charge in [0.2, 0.25) is 0 Å². The minimum absolute atomic E-state index is 0.222. The zero-order chi connectivity index (χ0) is 13.1. The molecule has 0 saturated carbocycles. The van der Waals surface area contributed by atoms with Crippen LogP contribution in [0.15, 0.2) is 24.3 Å². The van der Waals surface area contributed by atoms with Crippen molar-refractivity contribution >= 4 is 0 Å². The Morgan fingerprint density at radius 1 is 1.24 bits per heavy atom. The van der Waals surface area contributed by atoms with E-state index in [0.717, 1.165) is 13.1 Å². The van der Waals surface area contributed by atoms with Crippen LogP contribution in [0.2, 0.25) is 0 Å². The Bertz CT molecular complexity index is 359. The Kier molecular flexibility index (Phi) is 4.66. The molecule has 96 valence electrons. The van der Waals surface area contributed by atoms with Gasteiger partial charge < -0.3 is 5.73 Å². The third-order valence-electron chi connectivity index (χ3n) is 3.58. The molecule has 0 fully saturated rings. The van der Waals surface area contributed by atoms with Gasteiger partial charge in [0.15, 0.2) is 0 Å². The van der Waals surface area contributed by atoms with Gasteiger partial charge in [-0.3, -0.25) is 4.90 Å². The Balaban J connectivity index is 3.03. The van der Waals surface area contributed by atoms with Crippen molar-refractivity contribution in [2.45, 2.75) is 39.3 Å². The summed E-state index contributed by atoms with van der Waals surface area (Å²) in [5.74, 6) is -0.222. The summed E-state index contributed by atoms with van der Waals surface area (Å²) in [5, 5.41) is 0. The highest BCUT2D eigenvalue weighted by Gasteiger charge is 2.33. The van der Waals surface area contributed by atoms with Crippen molar-refractivity contribution < 1.29 is 4.39 Å². The fourth-order valence-corrected chi connectivity index (χ4v) is 2.34. The zero-order valence-corrected chi connectivity index (χ0v) is 11.2. The van der Waals surface area contributed by atoms with E-state index in [-0.39, 0.29) is 17.4 Å². The topological polar surface area (TPSA) is 29.3 Å². The standard InChI is InChI=1S/C14H23FN2/c1-5-17(6-2)14(3,4)13(16)11-9-7-8-10-12(11)15/h7-10,13H,5-6,16H2,1-4H3. The van der Waals surface area contributed by atoms with Gasteiger partial charge in [-0.25, -0.2) is 4.39 Å². The van der Waals surface area contributed by atoms with E-state index in [9.17, 15) is 4.39 Å². The number of likely N-dealkylation sites (N-methyl/N-ethyl adjacent to an activating group) is 1. The lowest BCUT2D eigenvalue weighted by Crippen LogP contribution is -2.51. The molecule has 1 rings (SSSR count). The fraction of sp³-hybridized carbons (Fsp3) is 0.571. The van der Waals surface area contributed by atoms with Crippen LogP contribution in [0.1, 0.15) is 39.3 Å². The number of benzene rings is 1. The van der Waals surface area contributed by atoms with Crippen LogP contribution in [0, 0.1) is 5.82 Å². The largest absolute Gasteiger partial charge is 0.322 e. The summed E-state index contributed by atoms with van der Waals surface area (Å²) in [4.78, 5) is 2.25. The first-order valence-corrected chi connectivity index (χ1v) is 6.20. The van der Waals surface area contributed by atoms with Crippen molar-refractivity contribution in [3.8, 4) is 0 Å². The monoisotopic (exact) mass is 238 g/mol. The molecule has 3 heteroatoms. The van der Waals surface area contributed by atoms with E-state index in [1.807, 2.05) is 6.07 Å². The molecule has 1 aromatic carbocycles. The predicted molar refractivity (Wildman–Crippen MR) is 70.3 cm³/mol. The quantitative estimate of drug-likeness (QED) is 0.854. The summed E-state index contributed by atoms with van der Waals surface area (Å²) in [7, 11) is 0. The Morgan fingerprint density at radius 3 is 2.24 bits per heavy atom. The lowest BCUT2D eigenvalue weighted by atomic mass is 9.87. The van der Waals surface area contributed by atoms with Crippen molar-refractivity contribution in [1.29, 1.82) is 0 Å². The molecule has 1 aromatic rings. The van der Waals surface area contributed by atoms with E-state index in [4.69, 9.17) is 5.73 Å². The van der Waals surface area contributed by atoms with Gasteiger partial charge in [0.1, 0.15) is 5.82 Å². The molecular formula is C14H23FN2. The average molecular weight is 238 g/mol. The maximum absolute atomic E-state index is 13.7. The van der Waals surface area contributed by atoms with E-state index >= 15 is 0 Å². The molecule has 0 spiro atoms. The van der Waals surface area contributed by atoms with Gasteiger partial charge in [-0.15, -0.1) is 0 Å². The highest BCUT2D eigenvalue weighted by Crippen LogP contribution is 2.30. The van der Waals surface area contributed by atoms with E-state index in [1.165, 1.54) is 6.07 Å². The molecule has 0 radical (unpaired) electrons. The van der Waals surface area contributed by atoms with Crippen molar-refractivity contribution in [1.82, 2.24) is 4.90 Å². The Hall–Kier alpha value is -0.930. The van der Waals surface area contributed by atoms with Crippen molar-refractivity contribution in [3.05, 3.63) is 35.6 Å². The SMILES string of the molecule is CCN(CC)C(C)(C)C(N)c1ccccc1F. The minimum atomic E-state index is -0.330. The molecule has 1 unspecified atom stereocenters. The third kappa shape index (κ3) is 2.85. The Labute approximate surface area is 104 Å². The average Bonchev–Trinajstić information content (AvgIpc) is 2.30. The van der Waals surface area contributed by atoms with Crippen LogP contribution in [0.5, 0.6) is 0 Å². The molecule has 2 N–H and O–H groups in total. The third-order valence-corrected chi connectivity index (χ3v) is 3.58. The molecule has 0 bridgehead atoms. The van der Waals surface area contributed by atoms with Gasteiger partial charge in [-0.1, -0.05) is 32.0 Å². The van der Waals surface area contributed by atoms with Crippen LogP contribution in [-0.2, 0) is 0 Å². The second-order valence-electron chi connectivity index (χ2n) is 4.83. The smallest absolute Gasteiger partial charge is 0.128 e. The molecule has 1 atom stereocenters. The first-order valence-electron chi connectivity index (χ1n) is 6.20. The molecule has 17 heavy (non-hydrogen) atoms. The van der Waals surface area contributed by atoms with E-state index in [1.54, 1.807) is 12.1 Å². The van der Waals surface area contributed by atoms with Crippen molar-refractivity contribution in [2.24, 2.45) is 5.73 Å². The number of nitrogens with zero attached hydrogens (tertiary/aromatic N) is 1. The molecule has 0 saturated heterocycles. The number of halogens is 1. The van der Waals surface area contributed by atoms with Gasteiger partial charge in [-0.2, -0.15) is 0 Å². The molecule has 0 aliphatic rings. The molecule has 0 heterocycles. The molecular weight excluding hydrogens is 215 g/mol. The molecule has 0 amide bonds. The van der Waals surface area contributed by atoms with E-state index in [2.05, 4.69) is 32.6 Å². The number of hydrogen-bond acceptors (Lipinski definition) is 2. The fourth-order valence-electron chi connectivity index (χ4n) is 2.34. The number of hydrogen-bond donors (Lipinski definition) is 1. The highest BCUT2D eigenvalue weighted by atomic mass is 19.1. The van der Waals surface area contributed by atoms with Crippen LogP contribution in [0.3, 0.4) is 0 Å². The molecule has 0 aliphatic carbocycles. The molecule has 2 nitrogen and oxygen atoms in total. The van der Waals surface area contributed by atoms with Crippen LogP contribution in [0.4, 0.5) is 4.39 Å². The van der Waals surface area contributed by atoms with E-state index < -0.39 is 0 Å². The van der Waals surface area contributed by atoms with Crippen LogP contribution in [-0.4, -0.2) is 23.5 Å². The summed E-state index contributed by atoms with van der Waals surface area (Å²) in [5.41, 5.74) is 6.57. The first kappa shape index (κ1) is 14.1. The summed E-state index contributed by atoms with van der Waals surface area (Å²) < 4.78 is 13.7. The lowest BCUT2D eigenvalue weighted by Gasteiger charge is -2.42. The first-order chi connectivity index (χ1) is 7.95. The second kappa shape index (κ2) is 5.61. The van der Waals surface area contributed by atoms with Crippen molar-refractivity contribution in [2.75, 3.05) is 13.1 Å². The number of nitrogens with two attached hydrogens (primary N) is 1. The molecule has 0 aliphatic heterocycles. The predicted octanol–water partition coefficient (Wildman–Crippen LogP) is 2.95. The maximum atomic E-state index is 13.7. The van der Waals surface area contributed by atoms with Crippen LogP contribution in [0.25, 0.3) is 0 Å². The van der Waals surface area contributed by atoms with Crippen molar-refractivity contribution in [3.63, 3.8) is 0 Å². The van der Waals surface area contributed by atoms with Gasteiger partial charge >= 0.3 is 0 Å². The maximum Gasteiger partial charge on any atom is 0.128 e. The summed E-state index contributed by atoms with van der Waals surface area (Å²) in [6.07, 6.45) is 0. The Morgan fingerprint density at radius 2 is 1.76 bits per heavy atom. The number of rotatable bonds is 5. The summed E-state index contributed by atoms with van der Waals surface area (Å²) in [6.45, 7) is 10.1. The van der Waals surface area contributed by atoms with Crippen LogP contribution >= 0.6 is 0 Å². The highest BCUT2D eigenvalue weighted by molar-refractivity contribution is 5.24. The van der Waals surface area contributed by atoms with Gasteiger partial charge in [0.25, 0.3) is 0 Å².